The monoisotopic (exact) mass is 425 g/mol. The lowest BCUT2D eigenvalue weighted by Crippen LogP contribution is -2.30. The van der Waals surface area contributed by atoms with E-state index in [9.17, 15) is 0 Å². The number of methoxy groups -OCH3 is 1. The van der Waals surface area contributed by atoms with E-state index in [4.69, 9.17) is 14.2 Å². The Kier molecular flexibility index (Phi) is 14.3. The summed E-state index contributed by atoms with van der Waals surface area (Å²) in [7, 11) is 1.80. The zero-order chi connectivity index (χ0) is 21.4. The quantitative estimate of drug-likeness (QED) is 0.293. The van der Waals surface area contributed by atoms with Crippen molar-refractivity contribution in [1.82, 2.24) is 4.90 Å². The lowest BCUT2D eigenvalue weighted by atomic mass is 9.83. The third-order valence-corrected chi connectivity index (χ3v) is 7.33. The molecule has 0 amide bonds. The van der Waals surface area contributed by atoms with Crippen molar-refractivity contribution in [2.75, 3.05) is 59.8 Å². The lowest BCUT2D eigenvalue weighted by molar-refractivity contribution is 0.0635. The van der Waals surface area contributed by atoms with Crippen LogP contribution < -0.4 is 0 Å². The summed E-state index contributed by atoms with van der Waals surface area (Å²) in [6.07, 6.45) is 14.4. The van der Waals surface area contributed by atoms with Crippen molar-refractivity contribution in [3.8, 4) is 0 Å². The van der Waals surface area contributed by atoms with Crippen molar-refractivity contribution in [1.29, 1.82) is 0 Å². The van der Waals surface area contributed by atoms with E-state index in [1.807, 2.05) is 0 Å². The van der Waals surface area contributed by atoms with Gasteiger partial charge in [0, 0.05) is 59.8 Å². The molecule has 2 saturated carbocycles. The van der Waals surface area contributed by atoms with Crippen LogP contribution in [0.2, 0.25) is 0 Å². The maximum absolute atomic E-state index is 6.03. The Morgan fingerprint density at radius 3 is 1.40 bits per heavy atom. The van der Waals surface area contributed by atoms with E-state index in [2.05, 4.69) is 18.7 Å². The number of rotatable bonds is 16. The minimum Gasteiger partial charge on any atom is -0.385 e. The molecule has 178 valence electrons. The Morgan fingerprint density at radius 1 is 0.600 bits per heavy atom. The average Bonchev–Trinajstić information content (AvgIpc) is 2.75. The number of ether oxygens (including phenoxy) is 3. The van der Waals surface area contributed by atoms with Gasteiger partial charge in [0.2, 0.25) is 0 Å². The molecule has 2 aliphatic rings. The summed E-state index contributed by atoms with van der Waals surface area (Å²) in [6.45, 7) is 12.8. The molecule has 4 nitrogen and oxygen atoms in total. The van der Waals surface area contributed by atoms with Crippen molar-refractivity contribution in [2.45, 2.75) is 84.5 Å². The molecule has 0 aromatic carbocycles. The third-order valence-electron chi connectivity index (χ3n) is 7.33. The van der Waals surface area contributed by atoms with Crippen molar-refractivity contribution >= 4 is 0 Å². The number of nitrogens with zero attached hydrogens (tertiary/aromatic N) is 1. The fraction of sp³-hybridized carbons (Fsp3) is 1.00. The zero-order valence-electron chi connectivity index (χ0n) is 20.4. The summed E-state index contributed by atoms with van der Waals surface area (Å²) >= 11 is 0. The molecule has 0 heterocycles. The minimum atomic E-state index is 0.809. The van der Waals surface area contributed by atoms with E-state index in [0.29, 0.717) is 0 Å². The predicted molar refractivity (Wildman–Crippen MR) is 126 cm³/mol. The van der Waals surface area contributed by atoms with E-state index >= 15 is 0 Å². The van der Waals surface area contributed by atoms with Crippen LogP contribution in [0, 0.1) is 23.7 Å². The van der Waals surface area contributed by atoms with E-state index < -0.39 is 0 Å². The largest absolute Gasteiger partial charge is 0.385 e. The molecular weight excluding hydrogens is 374 g/mol. The molecule has 0 aromatic rings. The maximum atomic E-state index is 6.03. The zero-order valence-corrected chi connectivity index (χ0v) is 20.4. The first-order valence-electron chi connectivity index (χ1n) is 13.0. The van der Waals surface area contributed by atoms with Gasteiger partial charge >= 0.3 is 0 Å². The smallest absolute Gasteiger partial charge is 0.0494 e. The third kappa shape index (κ3) is 12.0. The van der Waals surface area contributed by atoms with Crippen LogP contribution in [0.1, 0.15) is 84.5 Å². The van der Waals surface area contributed by atoms with Crippen molar-refractivity contribution in [3.05, 3.63) is 0 Å². The first kappa shape index (κ1) is 26.1. The van der Waals surface area contributed by atoms with Crippen LogP contribution in [0.3, 0.4) is 0 Å². The van der Waals surface area contributed by atoms with Gasteiger partial charge in [0.15, 0.2) is 0 Å². The standard InChI is InChI=1S/C26H51NO3/c1-23-7-11-25(12-8-23)21-29-19-5-16-27(15-4-18-28-3)17-6-20-30-22-26-13-9-24(2)10-14-26/h23-26H,4-22H2,1-3H3. The molecule has 4 heteroatoms. The van der Waals surface area contributed by atoms with Gasteiger partial charge in [-0.2, -0.15) is 0 Å². The highest BCUT2D eigenvalue weighted by Gasteiger charge is 2.19. The van der Waals surface area contributed by atoms with E-state index in [0.717, 1.165) is 95.6 Å². The topological polar surface area (TPSA) is 30.9 Å². The van der Waals surface area contributed by atoms with Crippen molar-refractivity contribution < 1.29 is 14.2 Å². The van der Waals surface area contributed by atoms with Gasteiger partial charge < -0.3 is 19.1 Å². The Bertz CT molecular complexity index is 358. The second-order valence-electron chi connectivity index (χ2n) is 10.3. The summed E-state index contributed by atoms with van der Waals surface area (Å²) in [4.78, 5) is 2.58. The molecule has 0 aliphatic heterocycles. The van der Waals surface area contributed by atoms with Gasteiger partial charge in [0.05, 0.1) is 0 Å². The lowest BCUT2D eigenvalue weighted by Gasteiger charge is -2.26. The summed E-state index contributed by atoms with van der Waals surface area (Å²) in [5.41, 5.74) is 0. The van der Waals surface area contributed by atoms with Gasteiger partial charge in [0.25, 0.3) is 0 Å². The van der Waals surface area contributed by atoms with Crippen LogP contribution in [0.4, 0.5) is 0 Å². The van der Waals surface area contributed by atoms with Gasteiger partial charge in [0.1, 0.15) is 0 Å². The normalized spacial score (nSPS) is 27.6. The van der Waals surface area contributed by atoms with Crippen LogP contribution in [-0.2, 0) is 14.2 Å². The molecule has 0 unspecified atom stereocenters. The molecule has 0 bridgehead atoms. The average molecular weight is 426 g/mol. The highest BCUT2D eigenvalue weighted by atomic mass is 16.5. The van der Waals surface area contributed by atoms with Crippen molar-refractivity contribution in [3.63, 3.8) is 0 Å². The number of hydrogen-bond acceptors (Lipinski definition) is 4. The SMILES string of the molecule is COCCCN(CCCOCC1CCC(C)CC1)CCCOCC1CCC(C)CC1. The molecule has 0 spiro atoms. The van der Waals surface area contributed by atoms with Gasteiger partial charge in [-0.25, -0.2) is 0 Å². The maximum Gasteiger partial charge on any atom is 0.0494 e. The van der Waals surface area contributed by atoms with Gasteiger partial charge in [-0.3, -0.25) is 0 Å². The summed E-state index contributed by atoms with van der Waals surface area (Å²) in [5, 5.41) is 0. The van der Waals surface area contributed by atoms with E-state index in [-0.39, 0.29) is 0 Å². The second kappa shape index (κ2) is 16.5. The highest BCUT2D eigenvalue weighted by molar-refractivity contribution is 4.70. The molecule has 2 rings (SSSR count). The van der Waals surface area contributed by atoms with E-state index in [1.165, 1.54) is 51.4 Å². The summed E-state index contributed by atoms with van der Waals surface area (Å²) in [6, 6.07) is 0. The molecule has 0 N–H and O–H groups in total. The Hall–Kier alpha value is -0.160. The van der Waals surface area contributed by atoms with Crippen LogP contribution in [0.5, 0.6) is 0 Å². The highest BCUT2D eigenvalue weighted by Crippen LogP contribution is 2.29. The first-order chi connectivity index (χ1) is 14.7. The molecule has 2 fully saturated rings. The molecular formula is C26H51NO3. The molecule has 0 saturated heterocycles. The molecule has 0 aromatic heterocycles. The van der Waals surface area contributed by atoms with Crippen LogP contribution in [0.25, 0.3) is 0 Å². The second-order valence-corrected chi connectivity index (χ2v) is 10.3. The Labute approximate surface area is 187 Å². The summed E-state index contributed by atoms with van der Waals surface area (Å²) in [5.74, 6) is 3.47. The molecule has 2 aliphatic carbocycles. The minimum absolute atomic E-state index is 0.809. The van der Waals surface area contributed by atoms with Crippen molar-refractivity contribution in [2.24, 2.45) is 23.7 Å². The van der Waals surface area contributed by atoms with Crippen LogP contribution >= 0.6 is 0 Å². The predicted octanol–water partition coefficient (Wildman–Crippen LogP) is 5.79. The fourth-order valence-corrected chi connectivity index (χ4v) is 5.04. The summed E-state index contributed by atoms with van der Waals surface area (Å²) < 4.78 is 17.3. The molecule has 30 heavy (non-hydrogen) atoms. The first-order valence-corrected chi connectivity index (χ1v) is 13.0. The van der Waals surface area contributed by atoms with Gasteiger partial charge in [-0.05, 0) is 68.6 Å². The van der Waals surface area contributed by atoms with Crippen LogP contribution in [0.15, 0.2) is 0 Å². The number of hydrogen-bond donors (Lipinski definition) is 0. The molecule has 0 radical (unpaired) electrons. The molecule has 0 atom stereocenters. The Balaban J connectivity index is 1.50. The Morgan fingerprint density at radius 2 is 1.00 bits per heavy atom. The van der Waals surface area contributed by atoms with E-state index in [1.54, 1.807) is 7.11 Å². The van der Waals surface area contributed by atoms with Crippen LogP contribution in [-0.4, -0.2) is 64.7 Å². The van der Waals surface area contributed by atoms with Gasteiger partial charge in [-0.1, -0.05) is 39.5 Å². The van der Waals surface area contributed by atoms with Gasteiger partial charge in [-0.15, -0.1) is 0 Å². The fourth-order valence-electron chi connectivity index (χ4n) is 5.04.